The highest BCUT2D eigenvalue weighted by Crippen LogP contribution is 2.23. The molecule has 3 rings (SSSR count). The van der Waals surface area contributed by atoms with E-state index in [4.69, 9.17) is 4.74 Å². The van der Waals surface area contributed by atoms with Crippen LogP contribution >= 0.6 is 0 Å². The molecule has 1 fully saturated rings. The third-order valence-electron chi connectivity index (χ3n) is 4.52. The second-order valence-electron chi connectivity index (χ2n) is 6.14. The number of hydrogen-bond acceptors (Lipinski definition) is 5. The molecule has 0 N–H and O–H groups in total. The molecule has 1 atom stereocenters. The van der Waals surface area contributed by atoms with Gasteiger partial charge in [0.2, 0.25) is 5.88 Å². The molecule has 0 aliphatic carbocycles. The zero-order chi connectivity index (χ0) is 17.6. The first-order valence-electron chi connectivity index (χ1n) is 8.71. The lowest BCUT2D eigenvalue weighted by Crippen LogP contribution is -2.49. The lowest BCUT2D eigenvalue weighted by Gasteiger charge is -2.38. The Labute approximate surface area is 148 Å². The summed E-state index contributed by atoms with van der Waals surface area (Å²) in [5, 5.41) is 0. The molecule has 0 aromatic carbocycles. The van der Waals surface area contributed by atoms with Crippen molar-refractivity contribution < 1.29 is 9.53 Å². The average molecular weight is 340 g/mol. The van der Waals surface area contributed by atoms with Gasteiger partial charge >= 0.3 is 0 Å². The fraction of sp³-hybridized carbons (Fsp3) is 0.421. The van der Waals surface area contributed by atoms with Gasteiger partial charge in [-0.1, -0.05) is 6.07 Å². The maximum atomic E-state index is 13.0. The molecule has 0 bridgehead atoms. The third kappa shape index (κ3) is 3.90. The number of pyridine rings is 2. The van der Waals surface area contributed by atoms with E-state index >= 15 is 0 Å². The highest BCUT2D eigenvalue weighted by molar-refractivity contribution is 5.96. The van der Waals surface area contributed by atoms with Crippen LogP contribution in [0, 0.1) is 0 Å². The Morgan fingerprint density at radius 3 is 2.88 bits per heavy atom. The zero-order valence-electron chi connectivity index (χ0n) is 14.8. The highest BCUT2D eigenvalue weighted by Gasteiger charge is 2.28. The van der Waals surface area contributed by atoms with Crippen LogP contribution in [-0.2, 0) is 0 Å². The molecule has 1 amide bonds. The Morgan fingerprint density at radius 1 is 1.28 bits per heavy atom. The van der Waals surface area contributed by atoms with E-state index in [1.165, 1.54) is 0 Å². The van der Waals surface area contributed by atoms with Crippen molar-refractivity contribution >= 4 is 11.7 Å². The number of aromatic nitrogens is 2. The molecule has 25 heavy (non-hydrogen) atoms. The molecule has 132 valence electrons. The summed E-state index contributed by atoms with van der Waals surface area (Å²) in [6.45, 7) is 4.12. The molecule has 2 aromatic rings. The topological polar surface area (TPSA) is 58.6 Å². The number of anilines is 1. The maximum absolute atomic E-state index is 13.0. The van der Waals surface area contributed by atoms with Gasteiger partial charge in [0.1, 0.15) is 11.4 Å². The first-order chi connectivity index (χ1) is 12.2. The van der Waals surface area contributed by atoms with E-state index in [1.807, 2.05) is 37.1 Å². The van der Waals surface area contributed by atoms with Crippen molar-refractivity contribution in [2.45, 2.75) is 25.8 Å². The van der Waals surface area contributed by atoms with Gasteiger partial charge in [0.15, 0.2) is 0 Å². The first kappa shape index (κ1) is 17.2. The number of rotatable bonds is 5. The second-order valence-corrected chi connectivity index (χ2v) is 6.14. The van der Waals surface area contributed by atoms with Gasteiger partial charge in [-0.05, 0) is 44.0 Å². The SMILES string of the molecule is CCOc1ncccc1C(=O)N(C)[C@H]1CCCN(c2ccccn2)C1. The summed E-state index contributed by atoms with van der Waals surface area (Å²) in [5.41, 5.74) is 0.516. The quantitative estimate of drug-likeness (QED) is 0.837. The van der Waals surface area contributed by atoms with Crippen molar-refractivity contribution in [3.05, 3.63) is 48.3 Å². The monoisotopic (exact) mass is 340 g/mol. The molecule has 1 aliphatic rings. The minimum absolute atomic E-state index is 0.0515. The maximum Gasteiger partial charge on any atom is 0.259 e. The third-order valence-corrected chi connectivity index (χ3v) is 4.52. The van der Waals surface area contributed by atoms with Gasteiger partial charge in [-0.15, -0.1) is 0 Å². The molecule has 0 spiro atoms. The molecule has 6 nitrogen and oxygen atoms in total. The van der Waals surface area contributed by atoms with Gasteiger partial charge in [0.25, 0.3) is 5.91 Å². The number of likely N-dealkylation sites (N-methyl/N-ethyl adjacent to an activating group) is 1. The molecular formula is C19H24N4O2. The summed E-state index contributed by atoms with van der Waals surface area (Å²) in [5.74, 6) is 1.31. The largest absolute Gasteiger partial charge is 0.477 e. The standard InChI is InChI=1S/C19H24N4O2/c1-3-25-18-16(9-6-12-21-18)19(24)22(2)15-8-7-13-23(14-15)17-10-4-5-11-20-17/h4-6,9-12,15H,3,7-8,13-14H2,1-2H3/t15-/m0/s1. The van der Waals surface area contributed by atoms with Crippen LogP contribution in [0.5, 0.6) is 5.88 Å². The molecule has 1 saturated heterocycles. The van der Waals surface area contributed by atoms with Gasteiger partial charge in [-0.2, -0.15) is 0 Å². The van der Waals surface area contributed by atoms with Crippen molar-refractivity contribution in [3.63, 3.8) is 0 Å². The smallest absolute Gasteiger partial charge is 0.259 e. The van der Waals surface area contributed by atoms with Crippen LogP contribution in [0.25, 0.3) is 0 Å². The fourth-order valence-corrected chi connectivity index (χ4v) is 3.18. The number of amides is 1. The van der Waals surface area contributed by atoms with E-state index in [9.17, 15) is 4.79 Å². The van der Waals surface area contributed by atoms with E-state index in [-0.39, 0.29) is 11.9 Å². The average Bonchev–Trinajstić information content (AvgIpc) is 2.68. The molecule has 0 saturated carbocycles. The Kier molecular flexibility index (Phi) is 5.48. The molecule has 6 heteroatoms. The summed E-state index contributed by atoms with van der Waals surface area (Å²) in [4.78, 5) is 25.6. The normalized spacial score (nSPS) is 17.2. The fourth-order valence-electron chi connectivity index (χ4n) is 3.18. The van der Waals surface area contributed by atoms with Crippen LogP contribution in [0.1, 0.15) is 30.1 Å². The Bertz CT molecular complexity index is 708. The summed E-state index contributed by atoms with van der Waals surface area (Å²) in [6.07, 6.45) is 5.46. The summed E-state index contributed by atoms with van der Waals surface area (Å²) < 4.78 is 5.51. The molecule has 3 heterocycles. The summed E-state index contributed by atoms with van der Waals surface area (Å²) in [6, 6.07) is 9.60. The number of hydrogen-bond donors (Lipinski definition) is 0. The van der Waals surface area contributed by atoms with Gasteiger partial charge in [0, 0.05) is 38.6 Å². The highest BCUT2D eigenvalue weighted by atomic mass is 16.5. The van der Waals surface area contributed by atoms with Gasteiger partial charge in [-0.25, -0.2) is 9.97 Å². The molecular weight excluding hydrogens is 316 g/mol. The molecule has 2 aromatic heterocycles. The van der Waals surface area contributed by atoms with Crippen LogP contribution in [0.3, 0.4) is 0 Å². The van der Waals surface area contributed by atoms with Crippen molar-refractivity contribution in [2.75, 3.05) is 31.6 Å². The molecule has 1 aliphatic heterocycles. The van der Waals surface area contributed by atoms with E-state index < -0.39 is 0 Å². The van der Waals surface area contributed by atoms with Crippen LogP contribution in [0.2, 0.25) is 0 Å². The lowest BCUT2D eigenvalue weighted by molar-refractivity contribution is 0.0712. The van der Waals surface area contributed by atoms with Gasteiger partial charge in [0.05, 0.1) is 6.61 Å². The van der Waals surface area contributed by atoms with Crippen LogP contribution in [0.4, 0.5) is 5.82 Å². The van der Waals surface area contributed by atoms with E-state index in [0.29, 0.717) is 18.1 Å². The Balaban J connectivity index is 1.74. The van der Waals surface area contributed by atoms with Crippen LogP contribution in [0.15, 0.2) is 42.7 Å². The second kappa shape index (κ2) is 7.96. The van der Waals surface area contributed by atoms with E-state index in [0.717, 1.165) is 31.7 Å². The number of piperidine rings is 1. The van der Waals surface area contributed by atoms with Crippen molar-refractivity contribution in [3.8, 4) is 5.88 Å². The predicted molar refractivity (Wildman–Crippen MR) is 97.0 cm³/mol. The van der Waals surface area contributed by atoms with Crippen LogP contribution in [-0.4, -0.2) is 53.6 Å². The number of ether oxygens (including phenoxy) is 1. The minimum Gasteiger partial charge on any atom is -0.477 e. The number of carbonyl (C=O) groups excluding carboxylic acids is 1. The van der Waals surface area contributed by atoms with E-state index in [2.05, 4.69) is 14.9 Å². The van der Waals surface area contributed by atoms with Crippen molar-refractivity contribution in [2.24, 2.45) is 0 Å². The molecule has 0 radical (unpaired) electrons. The Hall–Kier alpha value is -2.63. The zero-order valence-corrected chi connectivity index (χ0v) is 14.8. The lowest BCUT2D eigenvalue weighted by atomic mass is 10.0. The Morgan fingerprint density at radius 2 is 2.12 bits per heavy atom. The van der Waals surface area contributed by atoms with Gasteiger partial charge in [-0.3, -0.25) is 4.79 Å². The molecule has 0 unspecified atom stereocenters. The number of carbonyl (C=O) groups is 1. The van der Waals surface area contributed by atoms with Crippen LogP contribution < -0.4 is 9.64 Å². The summed E-state index contributed by atoms with van der Waals surface area (Å²) >= 11 is 0. The van der Waals surface area contributed by atoms with E-state index in [1.54, 1.807) is 24.5 Å². The predicted octanol–water partition coefficient (Wildman–Crippen LogP) is 2.62. The van der Waals surface area contributed by atoms with Crippen molar-refractivity contribution in [1.29, 1.82) is 0 Å². The van der Waals surface area contributed by atoms with Gasteiger partial charge < -0.3 is 14.5 Å². The first-order valence-corrected chi connectivity index (χ1v) is 8.71. The minimum atomic E-state index is -0.0515. The number of nitrogens with zero attached hydrogens (tertiary/aromatic N) is 4. The summed E-state index contributed by atoms with van der Waals surface area (Å²) in [7, 11) is 1.86. The van der Waals surface area contributed by atoms with Crippen molar-refractivity contribution in [1.82, 2.24) is 14.9 Å².